The normalized spacial score (nSPS) is 11.2. The molecule has 0 aromatic heterocycles. The van der Waals surface area contributed by atoms with E-state index in [4.69, 9.17) is 5.11 Å². The molecule has 8 nitrogen and oxygen atoms in total. The third kappa shape index (κ3) is 4.67. The summed E-state index contributed by atoms with van der Waals surface area (Å²) in [4.78, 5) is 46.7. The van der Waals surface area contributed by atoms with Crippen LogP contribution in [0, 0.1) is 0 Å². The molecule has 0 aliphatic carbocycles. The van der Waals surface area contributed by atoms with Crippen LogP contribution in [0.3, 0.4) is 0 Å². The van der Waals surface area contributed by atoms with Crippen LogP contribution in [0.2, 0.25) is 0 Å². The molecule has 0 aliphatic rings. The fraction of sp³-hybridized carbons (Fsp3) is 0.111. The van der Waals surface area contributed by atoms with Gasteiger partial charge in [-0.05, 0) is 23.8 Å². The molecule has 0 fully saturated rings. The average Bonchev–Trinajstić information content (AvgIpc) is 2.64. The fourth-order valence-corrected chi connectivity index (χ4v) is 2.28. The molecule has 4 N–H and O–H groups in total. The molecular weight excluding hydrogens is 340 g/mol. The van der Waals surface area contributed by atoms with Crippen LogP contribution < -0.4 is 10.6 Å². The Morgan fingerprint density at radius 3 is 2.08 bits per heavy atom. The Morgan fingerprint density at radius 1 is 0.846 bits per heavy atom. The van der Waals surface area contributed by atoms with E-state index in [-0.39, 0.29) is 16.7 Å². The van der Waals surface area contributed by atoms with Gasteiger partial charge in [-0.25, -0.2) is 4.79 Å². The number of aliphatic carboxylic acids is 2. The van der Waals surface area contributed by atoms with Gasteiger partial charge in [0.2, 0.25) is 0 Å². The number of carboxylic acid groups (broad SMARTS) is 2. The van der Waals surface area contributed by atoms with Crippen molar-refractivity contribution in [3.63, 3.8) is 0 Å². The van der Waals surface area contributed by atoms with E-state index >= 15 is 0 Å². The monoisotopic (exact) mass is 356 g/mol. The van der Waals surface area contributed by atoms with Crippen LogP contribution in [-0.4, -0.2) is 40.5 Å². The van der Waals surface area contributed by atoms with Crippen LogP contribution in [0.25, 0.3) is 0 Å². The molecule has 0 heterocycles. The Labute approximate surface area is 148 Å². The smallest absolute Gasteiger partial charge is 0.330 e. The number of rotatable bonds is 7. The molecule has 8 heteroatoms. The van der Waals surface area contributed by atoms with Crippen molar-refractivity contribution in [2.24, 2.45) is 0 Å². The van der Waals surface area contributed by atoms with Crippen molar-refractivity contribution < 1.29 is 29.4 Å². The van der Waals surface area contributed by atoms with E-state index in [0.29, 0.717) is 0 Å². The maximum Gasteiger partial charge on any atom is 0.330 e. The number of carbonyl (C=O) groups excluding carboxylic acids is 2. The summed E-state index contributed by atoms with van der Waals surface area (Å²) in [6, 6.07) is 12.3. The first-order valence-corrected chi connectivity index (χ1v) is 7.57. The molecule has 2 aromatic carbocycles. The summed E-state index contributed by atoms with van der Waals surface area (Å²) in [7, 11) is 0. The third-order valence-electron chi connectivity index (χ3n) is 3.47. The Morgan fingerprint density at radius 2 is 1.46 bits per heavy atom. The lowest BCUT2D eigenvalue weighted by atomic mass is 9.99. The van der Waals surface area contributed by atoms with Gasteiger partial charge in [-0.2, -0.15) is 0 Å². The minimum atomic E-state index is -1.48. The largest absolute Gasteiger partial charge is 0.480 e. The molecular formula is C18H16N2O6. The molecule has 26 heavy (non-hydrogen) atoms. The lowest BCUT2D eigenvalue weighted by molar-refractivity contribution is -0.139. The van der Waals surface area contributed by atoms with Gasteiger partial charge < -0.3 is 20.8 Å². The van der Waals surface area contributed by atoms with Gasteiger partial charge in [0.05, 0.1) is 0 Å². The number of hydrogen-bond donors (Lipinski definition) is 4. The maximum absolute atomic E-state index is 12.3. The molecule has 1 unspecified atom stereocenters. The molecule has 1 atom stereocenters. The number of nitrogens with one attached hydrogen (secondary N) is 2. The van der Waals surface area contributed by atoms with Gasteiger partial charge in [0.25, 0.3) is 11.8 Å². The van der Waals surface area contributed by atoms with Crippen molar-refractivity contribution in [3.8, 4) is 0 Å². The van der Waals surface area contributed by atoms with Gasteiger partial charge >= 0.3 is 11.9 Å². The van der Waals surface area contributed by atoms with E-state index < -0.39 is 36.3 Å². The highest BCUT2D eigenvalue weighted by Crippen LogP contribution is 2.19. The highest BCUT2D eigenvalue weighted by Gasteiger charge is 2.27. The van der Waals surface area contributed by atoms with Crippen molar-refractivity contribution in [1.29, 1.82) is 0 Å². The Bertz CT molecular complexity index is 835. The van der Waals surface area contributed by atoms with Crippen molar-refractivity contribution in [2.45, 2.75) is 6.04 Å². The lowest BCUT2D eigenvalue weighted by Gasteiger charge is -2.18. The first-order valence-electron chi connectivity index (χ1n) is 7.57. The summed E-state index contributed by atoms with van der Waals surface area (Å²) >= 11 is 0. The summed E-state index contributed by atoms with van der Waals surface area (Å²) in [5.74, 6) is -3.95. The minimum Gasteiger partial charge on any atom is -0.480 e. The number of amides is 2. The quantitative estimate of drug-likeness (QED) is 0.586. The van der Waals surface area contributed by atoms with E-state index in [1.807, 2.05) is 0 Å². The van der Waals surface area contributed by atoms with Gasteiger partial charge in [-0.15, -0.1) is 0 Å². The number of hydrogen-bond acceptors (Lipinski definition) is 4. The molecule has 0 spiro atoms. The maximum atomic E-state index is 12.3. The van der Waals surface area contributed by atoms with E-state index in [1.165, 1.54) is 36.4 Å². The van der Waals surface area contributed by atoms with Crippen LogP contribution in [0.1, 0.15) is 32.3 Å². The summed E-state index contributed by atoms with van der Waals surface area (Å²) in [6.07, 6.45) is 0. The summed E-state index contributed by atoms with van der Waals surface area (Å²) in [5.41, 5.74) is 0.285. The summed E-state index contributed by atoms with van der Waals surface area (Å²) in [6.45, 7) is -0.610. The second-order valence-corrected chi connectivity index (χ2v) is 5.27. The Hall–Kier alpha value is -3.68. The molecule has 0 bridgehead atoms. The molecule has 0 radical (unpaired) electrons. The molecule has 0 aliphatic heterocycles. The minimum absolute atomic E-state index is 0.0329. The molecule has 134 valence electrons. The highest BCUT2D eigenvalue weighted by atomic mass is 16.4. The molecule has 0 saturated heterocycles. The van der Waals surface area contributed by atoms with Crippen molar-refractivity contribution >= 4 is 23.8 Å². The number of benzene rings is 2. The number of carboxylic acids is 2. The zero-order valence-corrected chi connectivity index (χ0v) is 13.5. The van der Waals surface area contributed by atoms with Gasteiger partial charge in [-0.3, -0.25) is 14.4 Å². The third-order valence-corrected chi connectivity index (χ3v) is 3.47. The molecule has 2 aromatic rings. The van der Waals surface area contributed by atoms with Crippen molar-refractivity contribution in [3.05, 3.63) is 71.3 Å². The van der Waals surface area contributed by atoms with E-state index in [9.17, 15) is 24.3 Å². The standard InChI is InChI=1S/C18H16N2O6/c21-14(22)10-19-17(24)13-9-5-4-8-12(13)15(18(25)26)20-16(23)11-6-2-1-3-7-11/h1-9,15H,10H2,(H,19,24)(H,20,23)(H,21,22)(H,25,26). The SMILES string of the molecule is O=C(O)CNC(=O)c1ccccc1C(NC(=O)c1ccccc1)C(=O)O. The van der Waals surface area contributed by atoms with Crippen LogP contribution >= 0.6 is 0 Å². The van der Waals surface area contributed by atoms with Gasteiger partial charge in [0, 0.05) is 11.1 Å². The van der Waals surface area contributed by atoms with Crippen LogP contribution in [-0.2, 0) is 9.59 Å². The summed E-state index contributed by atoms with van der Waals surface area (Å²) in [5, 5.41) is 22.7. The predicted octanol–water partition coefficient (Wildman–Crippen LogP) is 1.06. The Balaban J connectivity index is 2.30. The summed E-state index contributed by atoms with van der Waals surface area (Å²) < 4.78 is 0. The van der Waals surface area contributed by atoms with Gasteiger partial charge in [-0.1, -0.05) is 36.4 Å². The van der Waals surface area contributed by atoms with Gasteiger partial charge in [0.15, 0.2) is 6.04 Å². The first-order chi connectivity index (χ1) is 12.4. The topological polar surface area (TPSA) is 133 Å². The van der Waals surface area contributed by atoms with Crippen LogP contribution in [0.5, 0.6) is 0 Å². The van der Waals surface area contributed by atoms with E-state index in [2.05, 4.69) is 10.6 Å². The van der Waals surface area contributed by atoms with Crippen molar-refractivity contribution in [2.75, 3.05) is 6.54 Å². The van der Waals surface area contributed by atoms with Crippen molar-refractivity contribution in [1.82, 2.24) is 10.6 Å². The van der Waals surface area contributed by atoms with Crippen LogP contribution in [0.4, 0.5) is 0 Å². The Kier molecular flexibility index (Phi) is 6.05. The second kappa shape index (κ2) is 8.43. The lowest BCUT2D eigenvalue weighted by Crippen LogP contribution is -2.36. The zero-order valence-electron chi connectivity index (χ0n) is 13.5. The van der Waals surface area contributed by atoms with E-state index in [0.717, 1.165) is 0 Å². The predicted molar refractivity (Wildman–Crippen MR) is 90.7 cm³/mol. The van der Waals surface area contributed by atoms with Crippen LogP contribution in [0.15, 0.2) is 54.6 Å². The number of carbonyl (C=O) groups is 4. The zero-order chi connectivity index (χ0) is 19.1. The highest BCUT2D eigenvalue weighted by molar-refractivity contribution is 6.00. The first kappa shape index (κ1) is 18.7. The second-order valence-electron chi connectivity index (χ2n) is 5.27. The van der Waals surface area contributed by atoms with Gasteiger partial charge in [0.1, 0.15) is 6.54 Å². The fourth-order valence-electron chi connectivity index (χ4n) is 2.28. The van der Waals surface area contributed by atoms with E-state index in [1.54, 1.807) is 18.2 Å². The average molecular weight is 356 g/mol. The molecule has 2 amide bonds. The molecule has 0 saturated carbocycles. The molecule has 2 rings (SSSR count).